The van der Waals surface area contributed by atoms with Crippen molar-refractivity contribution in [3.05, 3.63) is 0 Å². The molecule has 0 spiro atoms. The van der Waals surface area contributed by atoms with Crippen molar-refractivity contribution in [2.24, 2.45) is 5.92 Å². The van der Waals surface area contributed by atoms with Gasteiger partial charge in [0.05, 0.1) is 19.3 Å². The zero-order valence-corrected chi connectivity index (χ0v) is 15.1. The monoisotopic (exact) mass is 333 g/mol. The highest BCUT2D eigenvalue weighted by Crippen LogP contribution is 2.33. The average Bonchev–Trinajstić information content (AvgIpc) is 2.58. The minimum absolute atomic E-state index is 0.205. The third kappa shape index (κ3) is 4.50. The summed E-state index contributed by atoms with van der Waals surface area (Å²) in [5, 5.41) is 10.4. The number of ether oxygens (including phenoxy) is 1. The molecule has 1 N–H and O–H groups in total. The van der Waals surface area contributed by atoms with E-state index in [-0.39, 0.29) is 12.1 Å². The first-order chi connectivity index (χ1) is 10.6. The number of nitrogens with zero attached hydrogens (tertiary/aromatic N) is 1. The second kappa shape index (κ2) is 8.72. The molecule has 1 aliphatic heterocycles. The van der Waals surface area contributed by atoms with Crippen molar-refractivity contribution in [1.82, 2.24) is 4.90 Å². The summed E-state index contributed by atoms with van der Waals surface area (Å²) in [6.45, 7) is 3.42. The van der Waals surface area contributed by atoms with Gasteiger partial charge in [0.2, 0.25) is 0 Å². The molecule has 2 rings (SSSR count). The van der Waals surface area contributed by atoms with Crippen LogP contribution in [-0.4, -0.2) is 78.6 Å². The van der Waals surface area contributed by atoms with Crippen molar-refractivity contribution < 1.29 is 23.1 Å². The second-order valence-electron chi connectivity index (χ2n) is 6.30. The normalized spacial score (nSPS) is 31.4. The Kier molecular flexibility index (Phi) is 7.26. The Labute approximate surface area is 135 Å². The van der Waals surface area contributed by atoms with Crippen molar-refractivity contribution >= 4 is 8.80 Å². The molecule has 0 amide bonds. The van der Waals surface area contributed by atoms with Gasteiger partial charge in [-0.3, -0.25) is 4.90 Å². The summed E-state index contributed by atoms with van der Waals surface area (Å²) in [6, 6.07) is 1.11. The van der Waals surface area contributed by atoms with Gasteiger partial charge in [0.25, 0.3) is 0 Å². The lowest BCUT2D eigenvalue weighted by atomic mass is 9.81. The largest absolute Gasteiger partial charge is 0.500 e. The van der Waals surface area contributed by atoms with E-state index >= 15 is 0 Å². The van der Waals surface area contributed by atoms with E-state index in [4.69, 9.17) is 18.0 Å². The second-order valence-corrected chi connectivity index (χ2v) is 9.39. The van der Waals surface area contributed by atoms with E-state index in [0.717, 1.165) is 58.0 Å². The molecule has 1 saturated heterocycles. The summed E-state index contributed by atoms with van der Waals surface area (Å²) in [6.07, 6.45) is 3.83. The Bertz CT molecular complexity index is 315. The fraction of sp³-hybridized carbons (Fsp3) is 1.00. The Balaban J connectivity index is 1.87. The van der Waals surface area contributed by atoms with Gasteiger partial charge in [0.1, 0.15) is 0 Å². The number of aliphatic hydroxyl groups is 1. The molecule has 22 heavy (non-hydrogen) atoms. The lowest BCUT2D eigenvalue weighted by Crippen LogP contribution is -2.51. The summed E-state index contributed by atoms with van der Waals surface area (Å²) in [4.78, 5) is 2.40. The van der Waals surface area contributed by atoms with Gasteiger partial charge in [-0.05, 0) is 31.6 Å². The van der Waals surface area contributed by atoms with Crippen LogP contribution >= 0.6 is 0 Å². The smallest absolute Gasteiger partial charge is 0.391 e. The van der Waals surface area contributed by atoms with Crippen molar-refractivity contribution in [1.29, 1.82) is 0 Å². The van der Waals surface area contributed by atoms with Crippen LogP contribution in [0.3, 0.4) is 0 Å². The van der Waals surface area contributed by atoms with Crippen molar-refractivity contribution in [2.45, 2.75) is 43.9 Å². The van der Waals surface area contributed by atoms with Crippen LogP contribution in [0.25, 0.3) is 0 Å². The molecule has 0 aromatic carbocycles. The number of hydrogen-bond donors (Lipinski definition) is 1. The summed E-state index contributed by atoms with van der Waals surface area (Å²) in [5.41, 5.74) is 0. The highest BCUT2D eigenvalue weighted by molar-refractivity contribution is 6.60. The quantitative estimate of drug-likeness (QED) is 0.705. The van der Waals surface area contributed by atoms with Gasteiger partial charge in [-0.2, -0.15) is 0 Å². The van der Waals surface area contributed by atoms with E-state index in [1.807, 2.05) is 0 Å². The number of hydrogen-bond acceptors (Lipinski definition) is 6. The van der Waals surface area contributed by atoms with Crippen LogP contribution in [0.2, 0.25) is 6.04 Å². The first-order valence-corrected chi connectivity index (χ1v) is 10.2. The van der Waals surface area contributed by atoms with E-state index < -0.39 is 8.80 Å². The molecule has 2 aliphatic rings. The average molecular weight is 334 g/mol. The Morgan fingerprint density at radius 1 is 1.09 bits per heavy atom. The zero-order valence-electron chi connectivity index (χ0n) is 14.1. The molecular weight excluding hydrogens is 302 g/mol. The molecule has 0 aromatic rings. The molecule has 2 unspecified atom stereocenters. The van der Waals surface area contributed by atoms with Crippen LogP contribution in [0.1, 0.15) is 25.7 Å². The van der Waals surface area contributed by atoms with Crippen LogP contribution in [0.5, 0.6) is 0 Å². The van der Waals surface area contributed by atoms with E-state index in [0.29, 0.717) is 5.92 Å². The Morgan fingerprint density at radius 3 is 2.32 bits per heavy atom. The van der Waals surface area contributed by atoms with Gasteiger partial charge in [-0.25, -0.2) is 0 Å². The maximum absolute atomic E-state index is 10.4. The van der Waals surface area contributed by atoms with Gasteiger partial charge < -0.3 is 23.1 Å². The predicted octanol–water partition coefficient (Wildman–Crippen LogP) is 1.12. The molecule has 0 radical (unpaired) electrons. The summed E-state index contributed by atoms with van der Waals surface area (Å²) in [5.74, 6) is 0.601. The topological polar surface area (TPSA) is 60.4 Å². The number of aliphatic hydroxyl groups excluding tert-OH is 1. The van der Waals surface area contributed by atoms with Crippen molar-refractivity contribution in [3.8, 4) is 0 Å². The molecule has 1 heterocycles. The van der Waals surface area contributed by atoms with Gasteiger partial charge in [-0.15, -0.1) is 0 Å². The first kappa shape index (κ1) is 18.3. The van der Waals surface area contributed by atoms with Gasteiger partial charge >= 0.3 is 8.80 Å². The maximum Gasteiger partial charge on any atom is 0.500 e. The lowest BCUT2D eigenvalue weighted by molar-refractivity contribution is -0.0456. The van der Waals surface area contributed by atoms with Crippen LogP contribution in [0.15, 0.2) is 0 Å². The first-order valence-electron chi connectivity index (χ1n) is 8.29. The Morgan fingerprint density at radius 2 is 1.73 bits per heavy atom. The molecule has 130 valence electrons. The molecule has 0 bridgehead atoms. The molecule has 1 aliphatic carbocycles. The minimum atomic E-state index is -2.48. The third-order valence-electron chi connectivity index (χ3n) is 5.20. The zero-order chi connectivity index (χ0) is 16.0. The summed E-state index contributed by atoms with van der Waals surface area (Å²) >= 11 is 0. The van der Waals surface area contributed by atoms with E-state index in [2.05, 4.69) is 4.90 Å². The van der Waals surface area contributed by atoms with E-state index in [1.165, 1.54) is 0 Å². The SMILES string of the molecule is CO[Si](CC[C@H]1CCC(O)C(N2CCOCC2)C1)(OC)OC. The molecule has 2 fully saturated rings. The highest BCUT2D eigenvalue weighted by atomic mass is 28.4. The summed E-state index contributed by atoms with van der Waals surface area (Å²) < 4.78 is 22.0. The van der Waals surface area contributed by atoms with Crippen molar-refractivity contribution in [2.75, 3.05) is 47.6 Å². The fourth-order valence-electron chi connectivity index (χ4n) is 3.72. The minimum Gasteiger partial charge on any atom is -0.391 e. The lowest BCUT2D eigenvalue weighted by Gasteiger charge is -2.42. The highest BCUT2D eigenvalue weighted by Gasteiger charge is 2.40. The summed E-state index contributed by atoms with van der Waals surface area (Å²) in [7, 11) is 2.53. The predicted molar refractivity (Wildman–Crippen MR) is 85.7 cm³/mol. The van der Waals surface area contributed by atoms with Crippen LogP contribution in [0, 0.1) is 5.92 Å². The molecule has 0 aromatic heterocycles. The Hall–Kier alpha value is -0.0231. The van der Waals surface area contributed by atoms with Crippen LogP contribution in [0.4, 0.5) is 0 Å². The molecule has 7 heteroatoms. The standard InChI is InChI=1S/C15H31NO5Si/c1-18-22(19-2,20-3)11-6-13-4-5-15(17)14(12-13)16-7-9-21-10-8-16/h13-15,17H,4-12H2,1-3H3/t13-,14?,15?/m1/s1. The van der Waals surface area contributed by atoms with Crippen molar-refractivity contribution in [3.63, 3.8) is 0 Å². The van der Waals surface area contributed by atoms with Gasteiger partial charge in [-0.1, -0.05) is 0 Å². The molecule has 1 saturated carbocycles. The van der Waals surface area contributed by atoms with E-state index in [9.17, 15) is 5.11 Å². The molecule has 3 atom stereocenters. The fourth-order valence-corrected chi connectivity index (χ4v) is 5.59. The van der Waals surface area contributed by atoms with Crippen LogP contribution < -0.4 is 0 Å². The van der Waals surface area contributed by atoms with Gasteiger partial charge in [0, 0.05) is 46.5 Å². The van der Waals surface area contributed by atoms with E-state index in [1.54, 1.807) is 21.3 Å². The molecule has 6 nitrogen and oxygen atoms in total. The van der Waals surface area contributed by atoms with Gasteiger partial charge in [0.15, 0.2) is 0 Å². The maximum atomic E-state index is 10.4. The number of morpholine rings is 1. The third-order valence-corrected chi connectivity index (χ3v) is 7.96. The van der Waals surface area contributed by atoms with Crippen LogP contribution in [-0.2, 0) is 18.0 Å². The molecular formula is C15H31NO5Si. The number of rotatable bonds is 7.